The SMILES string of the molecule is CC(C)N(C)CC[C@H]1[C@H](CN)C1(C)C. The zero-order valence-electron chi connectivity index (χ0n) is 10.4. The summed E-state index contributed by atoms with van der Waals surface area (Å²) < 4.78 is 0. The molecule has 84 valence electrons. The number of hydrogen-bond donors (Lipinski definition) is 1. The molecule has 0 amide bonds. The first kappa shape index (κ1) is 12.0. The molecule has 0 aromatic carbocycles. The Labute approximate surface area is 88.8 Å². The highest BCUT2D eigenvalue weighted by Crippen LogP contribution is 2.59. The molecule has 0 saturated heterocycles. The van der Waals surface area contributed by atoms with Gasteiger partial charge in [0.05, 0.1) is 0 Å². The van der Waals surface area contributed by atoms with Gasteiger partial charge < -0.3 is 10.6 Å². The Balaban J connectivity index is 2.28. The van der Waals surface area contributed by atoms with E-state index in [0.717, 1.165) is 18.4 Å². The van der Waals surface area contributed by atoms with Crippen molar-refractivity contribution in [1.82, 2.24) is 4.90 Å². The van der Waals surface area contributed by atoms with Gasteiger partial charge >= 0.3 is 0 Å². The van der Waals surface area contributed by atoms with Crippen LogP contribution in [-0.4, -0.2) is 31.1 Å². The van der Waals surface area contributed by atoms with Gasteiger partial charge in [-0.15, -0.1) is 0 Å². The predicted molar refractivity (Wildman–Crippen MR) is 62.2 cm³/mol. The van der Waals surface area contributed by atoms with Crippen molar-refractivity contribution in [1.29, 1.82) is 0 Å². The largest absolute Gasteiger partial charge is 0.330 e. The Kier molecular flexibility index (Phi) is 3.59. The van der Waals surface area contributed by atoms with E-state index < -0.39 is 0 Å². The van der Waals surface area contributed by atoms with Gasteiger partial charge in [-0.05, 0) is 57.7 Å². The molecule has 1 aliphatic carbocycles. The summed E-state index contributed by atoms with van der Waals surface area (Å²) in [5.41, 5.74) is 6.26. The summed E-state index contributed by atoms with van der Waals surface area (Å²) in [4.78, 5) is 2.42. The van der Waals surface area contributed by atoms with E-state index in [4.69, 9.17) is 5.73 Å². The molecule has 0 radical (unpaired) electrons. The quantitative estimate of drug-likeness (QED) is 0.731. The van der Waals surface area contributed by atoms with Crippen LogP contribution in [-0.2, 0) is 0 Å². The maximum Gasteiger partial charge on any atom is 0.00355 e. The van der Waals surface area contributed by atoms with E-state index in [9.17, 15) is 0 Å². The highest BCUT2D eigenvalue weighted by atomic mass is 15.1. The lowest BCUT2D eigenvalue weighted by atomic mass is 10.1. The molecule has 0 unspecified atom stereocenters. The van der Waals surface area contributed by atoms with Crippen molar-refractivity contribution in [3.63, 3.8) is 0 Å². The van der Waals surface area contributed by atoms with Crippen LogP contribution in [0.4, 0.5) is 0 Å². The van der Waals surface area contributed by atoms with Crippen LogP contribution < -0.4 is 5.73 Å². The molecular formula is C12H26N2. The van der Waals surface area contributed by atoms with Crippen molar-refractivity contribution in [2.75, 3.05) is 20.1 Å². The molecule has 0 spiro atoms. The Morgan fingerprint density at radius 3 is 2.21 bits per heavy atom. The van der Waals surface area contributed by atoms with Gasteiger partial charge in [-0.1, -0.05) is 13.8 Å². The Bertz CT molecular complexity index is 187. The summed E-state index contributed by atoms with van der Waals surface area (Å²) in [7, 11) is 2.21. The van der Waals surface area contributed by atoms with E-state index in [1.165, 1.54) is 13.0 Å². The molecule has 2 heteroatoms. The molecule has 2 nitrogen and oxygen atoms in total. The first-order valence-corrected chi connectivity index (χ1v) is 5.81. The van der Waals surface area contributed by atoms with E-state index >= 15 is 0 Å². The lowest BCUT2D eigenvalue weighted by Gasteiger charge is -2.21. The second kappa shape index (κ2) is 4.19. The van der Waals surface area contributed by atoms with Crippen LogP contribution in [0.3, 0.4) is 0 Å². The zero-order valence-corrected chi connectivity index (χ0v) is 10.4. The van der Waals surface area contributed by atoms with Crippen LogP contribution in [0, 0.1) is 17.3 Å². The van der Waals surface area contributed by atoms with E-state index in [2.05, 4.69) is 39.6 Å². The van der Waals surface area contributed by atoms with Crippen LogP contribution in [0.2, 0.25) is 0 Å². The lowest BCUT2D eigenvalue weighted by molar-refractivity contribution is 0.260. The third kappa shape index (κ3) is 2.29. The fourth-order valence-corrected chi connectivity index (χ4v) is 2.50. The molecule has 2 N–H and O–H groups in total. The fourth-order valence-electron chi connectivity index (χ4n) is 2.50. The summed E-state index contributed by atoms with van der Waals surface area (Å²) in [6, 6.07) is 0.660. The zero-order chi connectivity index (χ0) is 10.9. The summed E-state index contributed by atoms with van der Waals surface area (Å²) >= 11 is 0. The van der Waals surface area contributed by atoms with Gasteiger partial charge in [0.1, 0.15) is 0 Å². The van der Waals surface area contributed by atoms with Gasteiger partial charge in [0.2, 0.25) is 0 Å². The monoisotopic (exact) mass is 198 g/mol. The normalized spacial score (nSPS) is 30.0. The van der Waals surface area contributed by atoms with E-state index in [1.54, 1.807) is 0 Å². The Morgan fingerprint density at radius 2 is 1.86 bits per heavy atom. The van der Waals surface area contributed by atoms with Crippen LogP contribution in [0.25, 0.3) is 0 Å². The molecule has 2 atom stereocenters. The minimum Gasteiger partial charge on any atom is -0.330 e. The van der Waals surface area contributed by atoms with E-state index in [-0.39, 0.29) is 0 Å². The topological polar surface area (TPSA) is 29.3 Å². The van der Waals surface area contributed by atoms with E-state index in [1.807, 2.05) is 0 Å². The van der Waals surface area contributed by atoms with Crippen LogP contribution in [0.5, 0.6) is 0 Å². The van der Waals surface area contributed by atoms with Crippen LogP contribution in [0.15, 0.2) is 0 Å². The number of hydrogen-bond acceptors (Lipinski definition) is 2. The van der Waals surface area contributed by atoms with Gasteiger partial charge in [-0.25, -0.2) is 0 Å². The van der Waals surface area contributed by atoms with Crippen molar-refractivity contribution in [2.45, 2.75) is 40.2 Å². The molecule has 0 aliphatic heterocycles. The molecule has 0 aromatic heterocycles. The molecule has 1 aliphatic rings. The third-order valence-electron chi connectivity index (χ3n) is 4.22. The molecule has 0 heterocycles. The average Bonchev–Trinajstić information content (AvgIpc) is 2.62. The van der Waals surface area contributed by atoms with Gasteiger partial charge in [-0.3, -0.25) is 0 Å². The molecule has 1 fully saturated rings. The van der Waals surface area contributed by atoms with Gasteiger partial charge in [0.25, 0.3) is 0 Å². The second-order valence-corrected chi connectivity index (χ2v) is 5.63. The third-order valence-corrected chi connectivity index (χ3v) is 4.22. The fraction of sp³-hybridized carbons (Fsp3) is 1.00. The highest BCUT2D eigenvalue weighted by molar-refractivity contribution is 5.05. The van der Waals surface area contributed by atoms with Crippen molar-refractivity contribution < 1.29 is 0 Å². The Morgan fingerprint density at radius 1 is 1.29 bits per heavy atom. The maximum atomic E-state index is 5.75. The standard InChI is InChI=1S/C12H26N2/c1-9(2)14(5)7-6-10-11(8-13)12(10,3)4/h9-11H,6-8,13H2,1-5H3/t10-,11-/m0/s1. The summed E-state index contributed by atoms with van der Waals surface area (Å²) in [6.07, 6.45) is 1.31. The number of nitrogens with zero attached hydrogens (tertiary/aromatic N) is 1. The van der Waals surface area contributed by atoms with E-state index in [0.29, 0.717) is 11.5 Å². The van der Waals surface area contributed by atoms with Crippen molar-refractivity contribution in [3.05, 3.63) is 0 Å². The average molecular weight is 198 g/mol. The molecule has 0 bridgehead atoms. The molecule has 1 saturated carbocycles. The molecular weight excluding hydrogens is 172 g/mol. The summed E-state index contributed by atoms with van der Waals surface area (Å²) in [6.45, 7) is 11.3. The smallest absolute Gasteiger partial charge is 0.00355 e. The van der Waals surface area contributed by atoms with Gasteiger partial charge in [0, 0.05) is 6.04 Å². The first-order valence-electron chi connectivity index (χ1n) is 5.81. The maximum absolute atomic E-state index is 5.75. The van der Waals surface area contributed by atoms with Crippen molar-refractivity contribution in [3.8, 4) is 0 Å². The lowest BCUT2D eigenvalue weighted by Crippen LogP contribution is -2.27. The first-order chi connectivity index (χ1) is 6.41. The molecule has 14 heavy (non-hydrogen) atoms. The highest BCUT2D eigenvalue weighted by Gasteiger charge is 2.55. The second-order valence-electron chi connectivity index (χ2n) is 5.63. The summed E-state index contributed by atoms with van der Waals surface area (Å²) in [5.74, 6) is 1.62. The van der Waals surface area contributed by atoms with Gasteiger partial charge in [0.15, 0.2) is 0 Å². The summed E-state index contributed by atoms with van der Waals surface area (Å²) in [5, 5.41) is 0. The molecule has 0 aromatic rings. The van der Waals surface area contributed by atoms with Crippen molar-refractivity contribution in [2.24, 2.45) is 23.0 Å². The van der Waals surface area contributed by atoms with Crippen LogP contribution >= 0.6 is 0 Å². The van der Waals surface area contributed by atoms with Gasteiger partial charge in [-0.2, -0.15) is 0 Å². The molecule has 1 rings (SSSR count). The predicted octanol–water partition coefficient (Wildman–Crippen LogP) is 1.95. The Hall–Kier alpha value is -0.0800. The minimum absolute atomic E-state index is 0.507. The van der Waals surface area contributed by atoms with Crippen molar-refractivity contribution >= 4 is 0 Å². The van der Waals surface area contributed by atoms with Crippen LogP contribution in [0.1, 0.15) is 34.1 Å². The number of rotatable bonds is 5. The number of nitrogens with two attached hydrogens (primary N) is 1. The minimum atomic E-state index is 0.507.